The van der Waals surface area contributed by atoms with Gasteiger partial charge in [-0.1, -0.05) is 12.1 Å². The number of aliphatic hydroxyl groups is 2. The highest BCUT2D eigenvalue weighted by atomic mass is 19.1. The second kappa shape index (κ2) is 6.43. The SMILES string of the molecule is OC(O)c1ccc(-c2nc(Nc3cnn(C4CC4)c3)ncc2F)cc1F. The minimum absolute atomic E-state index is 0.102. The van der Waals surface area contributed by atoms with Crippen LogP contribution in [0.2, 0.25) is 0 Å². The molecule has 9 heteroatoms. The molecule has 1 fully saturated rings. The van der Waals surface area contributed by atoms with Gasteiger partial charge in [0.15, 0.2) is 12.1 Å². The van der Waals surface area contributed by atoms with Crippen molar-refractivity contribution in [2.24, 2.45) is 0 Å². The van der Waals surface area contributed by atoms with E-state index in [1.54, 1.807) is 6.20 Å². The van der Waals surface area contributed by atoms with Gasteiger partial charge in [0.05, 0.1) is 24.1 Å². The average molecular weight is 359 g/mol. The highest BCUT2D eigenvalue weighted by Crippen LogP contribution is 2.34. The van der Waals surface area contributed by atoms with E-state index in [2.05, 4.69) is 20.4 Å². The first-order valence-corrected chi connectivity index (χ1v) is 8.01. The van der Waals surface area contributed by atoms with E-state index < -0.39 is 17.9 Å². The number of rotatable bonds is 5. The minimum Gasteiger partial charge on any atom is -0.364 e. The van der Waals surface area contributed by atoms with Crippen LogP contribution in [0.3, 0.4) is 0 Å². The molecule has 1 aliphatic carbocycles. The van der Waals surface area contributed by atoms with E-state index in [1.165, 1.54) is 12.1 Å². The lowest BCUT2D eigenvalue weighted by atomic mass is 10.1. The van der Waals surface area contributed by atoms with Crippen LogP contribution in [0, 0.1) is 11.6 Å². The first kappa shape index (κ1) is 16.6. The number of anilines is 2. The molecule has 26 heavy (non-hydrogen) atoms. The number of nitrogens with zero attached hydrogens (tertiary/aromatic N) is 4. The van der Waals surface area contributed by atoms with Crippen LogP contribution in [0.5, 0.6) is 0 Å². The zero-order valence-corrected chi connectivity index (χ0v) is 13.5. The van der Waals surface area contributed by atoms with Crippen molar-refractivity contribution in [3.8, 4) is 11.3 Å². The molecule has 1 aliphatic rings. The normalized spacial score (nSPS) is 14.0. The van der Waals surface area contributed by atoms with Crippen LogP contribution in [0.25, 0.3) is 11.3 Å². The maximum atomic E-state index is 14.1. The van der Waals surface area contributed by atoms with Crippen molar-refractivity contribution in [3.05, 3.63) is 54.0 Å². The molecule has 1 saturated carbocycles. The van der Waals surface area contributed by atoms with Gasteiger partial charge in [-0.15, -0.1) is 0 Å². The molecule has 0 amide bonds. The van der Waals surface area contributed by atoms with Crippen LogP contribution < -0.4 is 5.32 Å². The molecule has 0 saturated heterocycles. The zero-order chi connectivity index (χ0) is 18.3. The summed E-state index contributed by atoms with van der Waals surface area (Å²) in [5.41, 5.74) is 0.423. The quantitative estimate of drug-likeness (QED) is 0.606. The Bertz CT molecular complexity index is 956. The van der Waals surface area contributed by atoms with E-state index in [1.807, 2.05) is 10.9 Å². The van der Waals surface area contributed by atoms with Gasteiger partial charge in [-0.25, -0.2) is 18.7 Å². The number of nitrogens with one attached hydrogen (secondary N) is 1. The molecule has 134 valence electrons. The number of halogens is 2. The third-order valence-corrected chi connectivity index (χ3v) is 4.07. The Balaban J connectivity index is 1.62. The molecule has 3 N–H and O–H groups in total. The summed E-state index contributed by atoms with van der Waals surface area (Å²) in [6.45, 7) is 0. The molecule has 1 aromatic carbocycles. The fourth-order valence-electron chi connectivity index (χ4n) is 2.58. The number of hydrogen-bond acceptors (Lipinski definition) is 6. The summed E-state index contributed by atoms with van der Waals surface area (Å²) in [5.74, 6) is -1.44. The van der Waals surface area contributed by atoms with E-state index in [0.717, 1.165) is 25.1 Å². The summed E-state index contributed by atoms with van der Waals surface area (Å²) in [6.07, 6.45) is 4.69. The van der Waals surface area contributed by atoms with Crippen molar-refractivity contribution in [1.29, 1.82) is 0 Å². The molecule has 0 unspecified atom stereocenters. The summed E-state index contributed by atoms with van der Waals surface area (Å²) in [6, 6.07) is 3.95. The molecule has 2 aromatic heterocycles. The predicted molar refractivity (Wildman–Crippen MR) is 88.3 cm³/mol. The van der Waals surface area contributed by atoms with E-state index >= 15 is 0 Å². The topological polar surface area (TPSA) is 96.1 Å². The third kappa shape index (κ3) is 3.26. The summed E-state index contributed by atoms with van der Waals surface area (Å²) in [5, 5.41) is 25.3. The Morgan fingerprint density at radius 3 is 2.65 bits per heavy atom. The van der Waals surface area contributed by atoms with Gasteiger partial charge in [0.1, 0.15) is 11.5 Å². The van der Waals surface area contributed by atoms with Crippen LogP contribution in [0.1, 0.15) is 30.7 Å². The molecular weight excluding hydrogens is 344 g/mol. The van der Waals surface area contributed by atoms with Gasteiger partial charge in [0.2, 0.25) is 5.95 Å². The van der Waals surface area contributed by atoms with Crippen LogP contribution >= 0.6 is 0 Å². The highest BCUT2D eigenvalue weighted by Gasteiger charge is 2.24. The van der Waals surface area contributed by atoms with Crippen LogP contribution in [0.15, 0.2) is 36.8 Å². The standard InChI is InChI=1S/C17H15F2N5O2/c18-13-5-9(1-4-12(13)16(25)26)15-14(19)7-20-17(23-15)22-10-6-21-24(8-10)11-2-3-11/h1,4-8,11,16,25-26H,2-3H2,(H,20,22,23). The van der Waals surface area contributed by atoms with E-state index in [9.17, 15) is 8.78 Å². The Morgan fingerprint density at radius 1 is 1.15 bits per heavy atom. The molecule has 0 bridgehead atoms. The van der Waals surface area contributed by atoms with E-state index in [-0.39, 0.29) is 22.8 Å². The van der Waals surface area contributed by atoms with Crippen molar-refractivity contribution in [3.63, 3.8) is 0 Å². The lowest BCUT2D eigenvalue weighted by Gasteiger charge is -2.09. The second-order valence-electron chi connectivity index (χ2n) is 6.07. The lowest BCUT2D eigenvalue weighted by Crippen LogP contribution is -2.02. The predicted octanol–water partition coefficient (Wildman–Crippen LogP) is 2.68. The number of aromatic nitrogens is 4. The third-order valence-electron chi connectivity index (χ3n) is 4.07. The largest absolute Gasteiger partial charge is 0.364 e. The van der Waals surface area contributed by atoms with Crippen molar-refractivity contribution >= 4 is 11.6 Å². The van der Waals surface area contributed by atoms with Gasteiger partial charge in [0.25, 0.3) is 0 Å². The molecule has 0 atom stereocenters. The average Bonchev–Trinajstić information content (AvgIpc) is 3.36. The molecule has 7 nitrogen and oxygen atoms in total. The Morgan fingerprint density at radius 2 is 1.96 bits per heavy atom. The van der Waals surface area contributed by atoms with Crippen molar-refractivity contribution in [2.75, 3.05) is 5.32 Å². The zero-order valence-electron chi connectivity index (χ0n) is 13.5. The summed E-state index contributed by atoms with van der Waals surface area (Å²) < 4.78 is 29.9. The Labute approximate surface area is 147 Å². The molecule has 0 aliphatic heterocycles. The number of benzene rings is 1. The number of aliphatic hydroxyl groups excluding tert-OH is 1. The van der Waals surface area contributed by atoms with Crippen molar-refractivity contribution in [2.45, 2.75) is 25.2 Å². The van der Waals surface area contributed by atoms with Gasteiger partial charge >= 0.3 is 0 Å². The van der Waals surface area contributed by atoms with E-state index in [4.69, 9.17) is 10.2 Å². The molecular formula is C17H15F2N5O2. The Kier molecular flexibility index (Phi) is 4.09. The van der Waals surface area contributed by atoms with Gasteiger partial charge in [-0.05, 0) is 18.9 Å². The van der Waals surface area contributed by atoms with Crippen LogP contribution in [0.4, 0.5) is 20.4 Å². The summed E-state index contributed by atoms with van der Waals surface area (Å²) in [4.78, 5) is 7.99. The van der Waals surface area contributed by atoms with E-state index in [0.29, 0.717) is 11.7 Å². The molecule has 3 aromatic rings. The molecule has 2 heterocycles. The lowest BCUT2D eigenvalue weighted by molar-refractivity contribution is -0.0449. The smallest absolute Gasteiger partial charge is 0.228 e. The summed E-state index contributed by atoms with van der Waals surface area (Å²) >= 11 is 0. The first-order chi connectivity index (χ1) is 12.5. The summed E-state index contributed by atoms with van der Waals surface area (Å²) in [7, 11) is 0. The van der Waals surface area contributed by atoms with Crippen molar-refractivity contribution in [1.82, 2.24) is 19.7 Å². The molecule has 0 spiro atoms. The van der Waals surface area contributed by atoms with Gasteiger partial charge in [-0.2, -0.15) is 5.10 Å². The second-order valence-corrected chi connectivity index (χ2v) is 6.07. The van der Waals surface area contributed by atoms with Gasteiger partial charge in [0, 0.05) is 17.3 Å². The molecule has 4 rings (SSSR count). The van der Waals surface area contributed by atoms with Crippen LogP contribution in [-0.4, -0.2) is 30.0 Å². The molecule has 0 radical (unpaired) electrons. The monoisotopic (exact) mass is 359 g/mol. The van der Waals surface area contributed by atoms with Gasteiger partial charge in [-0.3, -0.25) is 4.68 Å². The minimum atomic E-state index is -1.94. The van der Waals surface area contributed by atoms with Crippen molar-refractivity contribution < 1.29 is 19.0 Å². The maximum absolute atomic E-state index is 14.1. The Hall–Kier alpha value is -2.91. The fourth-order valence-corrected chi connectivity index (χ4v) is 2.58. The highest BCUT2D eigenvalue weighted by molar-refractivity contribution is 5.63. The van der Waals surface area contributed by atoms with Crippen LogP contribution in [-0.2, 0) is 0 Å². The number of hydrogen-bond donors (Lipinski definition) is 3. The van der Waals surface area contributed by atoms with Gasteiger partial charge < -0.3 is 15.5 Å². The fraction of sp³-hybridized carbons (Fsp3) is 0.235. The first-order valence-electron chi connectivity index (χ1n) is 8.01. The maximum Gasteiger partial charge on any atom is 0.228 e.